The van der Waals surface area contributed by atoms with Gasteiger partial charge in [-0.3, -0.25) is 9.59 Å². The summed E-state index contributed by atoms with van der Waals surface area (Å²) in [5, 5.41) is 9.27. The second-order valence-corrected chi connectivity index (χ2v) is 6.12. The van der Waals surface area contributed by atoms with Gasteiger partial charge < -0.3 is 10.0 Å². The van der Waals surface area contributed by atoms with E-state index in [2.05, 4.69) is 15.9 Å². The third kappa shape index (κ3) is 2.97. The van der Waals surface area contributed by atoms with Gasteiger partial charge in [-0.1, -0.05) is 22.0 Å². The lowest BCUT2D eigenvalue weighted by Crippen LogP contribution is -2.48. The first-order chi connectivity index (χ1) is 8.92. The first-order valence-corrected chi connectivity index (χ1v) is 7.00. The molecule has 1 aromatic carbocycles. The van der Waals surface area contributed by atoms with Gasteiger partial charge >= 0.3 is 5.97 Å². The Bertz CT molecular complexity index is 517. The van der Waals surface area contributed by atoms with Gasteiger partial charge in [-0.15, -0.1) is 0 Å². The lowest BCUT2D eigenvalue weighted by atomic mass is 9.82. The quantitative estimate of drug-likeness (QED) is 0.909. The van der Waals surface area contributed by atoms with Crippen LogP contribution in [0.3, 0.4) is 0 Å². The summed E-state index contributed by atoms with van der Waals surface area (Å²) in [6, 6.07) is 7.17. The Morgan fingerprint density at radius 1 is 1.42 bits per heavy atom. The number of carbonyl (C=O) groups is 2. The van der Waals surface area contributed by atoms with Crippen LogP contribution in [-0.2, 0) is 4.79 Å². The monoisotopic (exact) mass is 325 g/mol. The van der Waals surface area contributed by atoms with E-state index in [-0.39, 0.29) is 12.5 Å². The van der Waals surface area contributed by atoms with Gasteiger partial charge in [-0.2, -0.15) is 0 Å². The average molecular weight is 326 g/mol. The third-order valence-electron chi connectivity index (χ3n) is 3.57. The van der Waals surface area contributed by atoms with Gasteiger partial charge in [0, 0.05) is 23.1 Å². The SMILES string of the molecule is CC1(C(=O)O)CCCN(C(=O)c2cccc(Br)c2)C1. The highest BCUT2D eigenvalue weighted by Gasteiger charge is 2.39. The fraction of sp³-hybridized carbons (Fsp3) is 0.429. The molecule has 0 radical (unpaired) electrons. The van der Waals surface area contributed by atoms with Crippen molar-refractivity contribution in [2.24, 2.45) is 5.41 Å². The maximum Gasteiger partial charge on any atom is 0.311 e. The van der Waals surface area contributed by atoms with Crippen LogP contribution in [0.1, 0.15) is 30.1 Å². The maximum atomic E-state index is 12.4. The number of benzene rings is 1. The van der Waals surface area contributed by atoms with Crippen LogP contribution in [-0.4, -0.2) is 35.0 Å². The minimum absolute atomic E-state index is 0.103. The van der Waals surface area contributed by atoms with E-state index in [1.165, 1.54) is 0 Å². The molecule has 0 aliphatic carbocycles. The zero-order valence-corrected chi connectivity index (χ0v) is 12.3. The molecule has 102 valence electrons. The van der Waals surface area contributed by atoms with Gasteiger partial charge in [-0.05, 0) is 38.0 Å². The number of nitrogens with zero attached hydrogens (tertiary/aromatic N) is 1. The van der Waals surface area contributed by atoms with Gasteiger partial charge in [0.1, 0.15) is 0 Å². The van der Waals surface area contributed by atoms with Crippen molar-refractivity contribution in [1.29, 1.82) is 0 Å². The van der Waals surface area contributed by atoms with E-state index < -0.39 is 11.4 Å². The number of carboxylic acids is 1. The summed E-state index contributed by atoms with van der Waals surface area (Å²) in [5.41, 5.74) is -0.246. The molecule has 1 N–H and O–H groups in total. The Labute approximate surface area is 120 Å². The molecule has 1 unspecified atom stereocenters. The number of hydrogen-bond acceptors (Lipinski definition) is 2. The fourth-order valence-corrected chi connectivity index (χ4v) is 2.79. The highest BCUT2D eigenvalue weighted by molar-refractivity contribution is 9.10. The largest absolute Gasteiger partial charge is 0.481 e. The Morgan fingerprint density at radius 2 is 2.16 bits per heavy atom. The summed E-state index contributed by atoms with van der Waals surface area (Å²) >= 11 is 3.34. The number of piperidine rings is 1. The van der Waals surface area contributed by atoms with Crippen molar-refractivity contribution in [3.8, 4) is 0 Å². The van der Waals surface area contributed by atoms with Crippen molar-refractivity contribution in [2.75, 3.05) is 13.1 Å². The lowest BCUT2D eigenvalue weighted by molar-refractivity contribution is -0.150. The minimum Gasteiger partial charge on any atom is -0.481 e. The first-order valence-electron chi connectivity index (χ1n) is 6.21. The molecule has 1 saturated heterocycles. The van der Waals surface area contributed by atoms with E-state index >= 15 is 0 Å². The molecule has 1 aliphatic heterocycles. The number of rotatable bonds is 2. The lowest BCUT2D eigenvalue weighted by Gasteiger charge is -2.37. The Kier molecular flexibility index (Phi) is 3.94. The third-order valence-corrected chi connectivity index (χ3v) is 4.06. The number of aliphatic carboxylic acids is 1. The van der Waals surface area contributed by atoms with Crippen LogP contribution in [0.5, 0.6) is 0 Å². The molecular weight excluding hydrogens is 310 g/mol. The molecule has 2 rings (SSSR count). The summed E-state index contributed by atoms with van der Waals surface area (Å²) in [6.45, 7) is 2.59. The molecule has 0 aromatic heterocycles. The number of carboxylic acid groups (broad SMARTS) is 1. The summed E-state index contributed by atoms with van der Waals surface area (Å²) in [5.74, 6) is -0.937. The molecule has 1 aliphatic rings. The standard InChI is InChI=1S/C14H16BrNO3/c1-14(13(18)19)6-3-7-16(9-14)12(17)10-4-2-5-11(15)8-10/h2,4-5,8H,3,6-7,9H2,1H3,(H,18,19). The number of hydrogen-bond donors (Lipinski definition) is 1. The molecule has 1 atom stereocenters. The minimum atomic E-state index is -0.834. The summed E-state index contributed by atoms with van der Waals surface area (Å²) in [4.78, 5) is 25.3. The van der Waals surface area contributed by atoms with E-state index in [1.54, 1.807) is 30.0 Å². The second kappa shape index (κ2) is 5.33. The van der Waals surface area contributed by atoms with Gasteiger partial charge in [0.05, 0.1) is 5.41 Å². The van der Waals surface area contributed by atoms with E-state index in [4.69, 9.17) is 0 Å². The molecule has 5 heteroatoms. The highest BCUT2D eigenvalue weighted by atomic mass is 79.9. The summed E-state index contributed by atoms with van der Waals surface area (Å²) < 4.78 is 0.844. The summed E-state index contributed by atoms with van der Waals surface area (Å²) in [6.07, 6.45) is 1.34. The van der Waals surface area contributed by atoms with Crippen molar-refractivity contribution in [2.45, 2.75) is 19.8 Å². The predicted octanol–water partition coefficient (Wildman–Crippen LogP) is 2.78. The van der Waals surface area contributed by atoms with Gasteiger partial charge in [0.15, 0.2) is 0 Å². The van der Waals surface area contributed by atoms with Gasteiger partial charge in [0.2, 0.25) is 0 Å². The Morgan fingerprint density at radius 3 is 2.79 bits per heavy atom. The van der Waals surface area contributed by atoms with Gasteiger partial charge in [-0.25, -0.2) is 0 Å². The Balaban J connectivity index is 2.18. The van der Waals surface area contributed by atoms with Crippen LogP contribution in [0, 0.1) is 5.41 Å². The van der Waals surface area contributed by atoms with E-state index in [1.807, 2.05) is 6.07 Å². The number of halogens is 1. The molecule has 4 nitrogen and oxygen atoms in total. The van der Waals surface area contributed by atoms with Crippen molar-refractivity contribution in [3.63, 3.8) is 0 Å². The predicted molar refractivity (Wildman–Crippen MR) is 75.0 cm³/mol. The van der Waals surface area contributed by atoms with Crippen molar-refractivity contribution in [1.82, 2.24) is 4.90 Å². The molecule has 19 heavy (non-hydrogen) atoms. The van der Waals surface area contributed by atoms with Crippen LogP contribution in [0.25, 0.3) is 0 Å². The van der Waals surface area contributed by atoms with E-state index in [0.29, 0.717) is 18.5 Å². The molecular formula is C14H16BrNO3. The van der Waals surface area contributed by atoms with E-state index in [9.17, 15) is 14.7 Å². The zero-order chi connectivity index (χ0) is 14.0. The van der Waals surface area contributed by atoms with Crippen LogP contribution in [0.4, 0.5) is 0 Å². The summed E-state index contributed by atoms with van der Waals surface area (Å²) in [7, 11) is 0. The molecule has 0 saturated carbocycles. The normalized spacial score (nSPS) is 23.2. The second-order valence-electron chi connectivity index (χ2n) is 5.21. The van der Waals surface area contributed by atoms with Crippen LogP contribution in [0.15, 0.2) is 28.7 Å². The molecule has 0 spiro atoms. The maximum absolute atomic E-state index is 12.4. The number of carbonyl (C=O) groups excluding carboxylic acids is 1. The molecule has 1 heterocycles. The van der Waals surface area contributed by atoms with Crippen molar-refractivity contribution in [3.05, 3.63) is 34.3 Å². The number of amides is 1. The highest BCUT2D eigenvalue weighted by Crippen LogP contribution is 2.30. The van der Waals surface area contributed by atoms with Crippen LogP contribution in [0.2, 0.25) is 0 Å². The van der Waals surface area contributed by atoms with E-state index in [0.717, 1.165) is 10.9 Å². The van der Waals surface area contributed by atoms with Gasteiger partial charge in [0.25, 0.3) is 5.91 Å². The molecule has 1 fully saturated rings. The smallest absolute Gasteiger partial charge is 0.311 e. The Hall–Kier alpha value is -1.36. The molecule has 1 amide bonds. The first kappa shape index (κ1) is 14.1. The molecule has 1 aromatic rings. The topological polar surface area (TPSA) is 57.6 Å². The zero-order valence-electron chi connectivity index (χ0n) is 10.7. The van der Waals surface area contributed by atoms with Crippen LogP contribution >= 0.6 is 15.9 Å². The average Bonchev–Trinajstić information content (AvgIpc) is 2.38. The van der Waals surface area contributed by atoms with Crippen molar-refractivity contribution >= 4 is 27.8 Å². The molecule has 0 bridgehead atoms. The fourth-order valence-electron chi connectivity index (χ4n) is 2.39. The van der Waals surface area contributed by atoms with Crippen LogP contribution < -0.4 is 0 Å². The number of likely N-dealkylation sites (tertiary alicyclic amines) is 1. The van der Waals surface area contributed by atoms with Crippen molar-refractivity contribution < 1.29 is 14.7 Å².